The van der Waals surface area contributed by atoms with Gasteiger partial charge in [0.1, 0.15) is 0 Å². The Morgan fingerprint density at radius 3 is 2.67 bits per heavy atom. The van der Waals surface area contributed by atoms with Gasteiger partial charge in [-0.3, -0.25) is 4.79 Å². The highest BCUT2D eigenvalue weighted by molar-refractivity contribution is 5.85. The molecule has 0 radical (unpaired) electrons. The Bertz CT molecular complexity index is 551. The van der Waals surface area contributed by atoms with Crippen molar-refractivity contribution in [3.63, 3.8) is 0 Å². The summed E-state index contributed by atoms with van der Waals surface area (Å²) in [5.41, 5.74) is -0.450. The maximum Gasteiger partial charge on any atom is 0.416 e. The van der Waals surface area contributed by atoms with E-state index >= 15 is 0 Å². The van der Waals surface area contributed by atoms with Gasteiger partial charge in [-0.15, -0.1) is 12.4 Å². The number of amides is 1. The standard InChI is InChI=1S/C17H23F3N2O.ClH/c1-12(14-5-3-4-6-15(14)17(18,19)20)9-16(23)22-8-7-13(11-22)10-21-2;/h3-6,12-13,21H,7-11H2,1-2H3;1H. The molecule has 0 aromatic heterocycles. The topological polar surface area (TPSA) is 32.3 Å². The number of carbonyl (C=O) groups is 1. The van der Waals surface area contributed by atoms with Crippen molar-refractivity contribution in [1.29, 1.82) is 0 Å². The van der Waals surface area contributed by atoms with Crippen LogP contribution in [0, 0.1) is 5.92 Å². The third-order valence-electron chi connectivity index (χ3n) is 4.41. The number of halogens is 4. The van der Waals surface area contributed by atoms with Crippen molar-refractivity contribution in [2.75, 3.05) is 26.7 Å². The number of nitrogens with one attached hydrogen (secondary N) is 1. The third kappa shape index (κ3) is 5.11. The molecule has 136 valence electrons. The van der Waals surface area contributed by atoms with E-state index in [9.17, 15) is 18.0 Å². The number of likely N-dealkylation sites (tertiary alicyclic amines) is 1. The van der Waals surface area contributed by atoms with E-state index in [1.54, 1.807) is 17.9 Å². The average molecular weight is 365 g/mol. The maximum atomic E-state index is 13.1. The molecular formula is C17H24ClF3N2O. The summed E-state index contributed by atoms with van der Waals surface area (Å²) in [7, 11) is 1.88. The van der Waals surface area contributed by atoms with Crippen LogP contribution in [0.2, 0.25) is 0 Å². The van der Waals surface area contributed by atoms with Gasteiger partial charge in [0, 0.05) is 19.5 Å². The average Bonchev–Trinajstić information content (AvgIpc) is 2.95. The van der Waals surface area contributed by atoms with Gasteiger partial charge in [0.15, 0.2) is 0 Å². The number of carbonyl (C=O) groups excluding carboxylic acids is 1. The summed E-state index contributed by atoms with van der Waals surface area (Å²) < 4.78 is 39.2. The molecule has 0 aliphatic carbocycles. The number of nitrogens with zero attached hydrogens (tertiary/aromatic N) is 1. The minimum atomic E-state index is -4.39. The quantitative estimate of drug-likeness (QED) is 0.864. The number of hydrogen-bond donors (Lipinski definition) is 1. The van der Waals surface area contributed by atoms with E-state index in [0.29, 0.717) is 19.0 Å². The van der Waals surface area contributed by atoms with Crippen LogP contribution in [-0.2, 0) is 11.0 Å². The second-order valence-corrected chi connectivity index (χ2v) is 6.24. The number of hydrogen-bond acceptors (Lipinski definition) is 2. The minimum absolute atomic E-state index is 0. The van der Waals surface area contributed by atoms with Gasteiger partial charge in [-0.05, 0) is 43.5 Å². The Hall–Kier alpha value is -1.27. The molecule has 2 unspecified atom stereocenters. The highest BCUT2D eigenvalue weighted by Gasteiger charge is 2.35. The molecule has 1 saturated heterocycles. The van der Waals surface area contributed by atoms with Crippen LogP contribution < -0.4 is 5.32 Å². The van der Waals surface area contributed by atoms with Gasteiger partial charge < -0.3 is 10.2 Å². The first kappa shape index (κ1) is 20.8. The first-order valence-electron chi connectivity index (χ1n) is 7.91. The summed E-state index contributed by atoms with van der Waals surface area (Å²) in [6, 6.07) is 5.51. The number of benzene rings is 1. The lowest BCUT2D eigenvalue weighted by molar-refractivity contribution is -0.139. The fraction of sp³-hybridized carbons (Fsp3) is 0.588. The van der Waals surface area contributed by atoms with Crippen LogP contribution in [0.4, 0.5) is 13.2 Å². The second kappa shape index (κ2) is 8.72. The monoisotopic (exact) mass is 364 g/mol. The molecule has 1 aliphatic rings. The zero-order valence-corrected chi connectivity index (χ0v) is 14.7. The van der Waals surface area contributed by atoms with Crippen LogP contribution in [0.5, 0.6) is 0 Å². The molecule has 0 spiro atoms. The van der Waals surface area contributed by atoms with Crippen LogP contribution in [0.25, 0.3) is 0 Å². The van der Waals surface area contributed by atoms with Gasteiger partial charge in [0.25, 0.3) is 0 Å². The number of alkyl halides is 3. The summed E-state index contributed by atoms with van der Waals surface area (Å²) >= 11 is 0. The van der Waals surface area contributed by atoms with E-state index < -0.39 is 17.7 Å². The molecule has 1 amide bonds. The second-order valence-electron chi connectivity index (χ2n) is 6.24. The largest absolute Gasteiger partial charge is 0.416 e. The summed E-state index contributed by atoms with van der Waals surface area (Å²) in [5.74, 6) is -0.0847. The van der Waals surface area contributed by atoms with Crippen molar-refractivity contribution in [2.45, 2.75) is 31.9 Å². The Kier molecular flexibility index (Phi) is 7.55. The van der Waals surface area contributed by atoms with Crippen LogP contribution in [0.1, 0.15) is 36.8 Å². The molecule has 1 aliphatic heterocycles. The molecule has 1 N–H and O–H groups in total. The van der Waals surface area contributed by atoms with Gasteiger partial charge in [-0.25, -0.2) is 0 Å². The summed E-state index contributed by atoms with van der Waals surface area (Å²) in [5, 5.41) is 3.10. The van der Waals surface area contributed by atoms with Gasteiger partial charge in [0.2, 0.25) is 5.91 Å². The van der Waals surface area contributed by atoms with Crippen LogP contribution >= 0.6 is 12.4 Å². The molecule has 2 atom stereocenters. The third-order valence-corrected chi connectivity index (χ3v) is 4.41. The summed E-state index contributed by atoms with van der Waals surface area (Å²) in [4.78, 5) is 14.1. The molecule has 24 heavy (non-hydrogen) atoms. The molecule has 2 rings (SSSR count). The molecular weight excluding hydrogens is 341 g/mol. The van der Waals surface area contributed by atoms with E-state index in [1.807, 2.05) is 7.05 Å². The van der Waals surface area contributed by atoms with E-state index in [4.69, 9.17) is 0 Å². The first-order valence-corrected chi connectivity index (χ1v) is 7.91. The fourth-order valence-electron chi connectivity index (χ4n) is 3.20. The van der Waals surface area contributed by atoms with Crippen molar-refractivity contribution >= 4 is 18.3 Å². The van der Waals surface area contributed by atoms with E-state index in [-0.39, 0.29) is 30.3 Å². The smallest absolute Gasteiger partial charge is 0.342 e. The van der Waals surface area contributed by atoms with E-state index in [0.717, 1.165) is 19.0 Å². The summed E-state index contributed by atoms with van der Waals surface area (Å²) in [6.45, 7) is 3.92. The lowest BCUT2D eigenvalue weighted by Crippen LogP contribution is -2.31. The van der Waals surface area contributed by atoms with Crippen LogP contribution in [0.3, 0.4) is 0 Å². The lowest BCUT2D eigenvalue weighted by atomic mass is 9.92. The molecule has 1 heterocycles. The summed E-state index contributed by atoms with van der Waals surface area (Å²) in [6.07, 6.45) is -3.33. The van der Waals surface area contributed by atoms with Crippen LogP contribution in [0.15, 0.2) is 24.3 Å². The van der Waals surface area contributed by atoms with E-state index in [1.165, 1.54) is 12.1 Å². The Balaban J connectivity index is 0.00000288. The van der Waals surface area contributed by atoms with Gasteiger partial charge in [0.05, 0.1) is 5.56 Å². The van der Waals surface area contributed by atoms with Crippen molar-refractivity contribution in [1.82, 2.24) is 10.2 Å². The van der Waals surface area contributed by atoms with Gasteiger partial charge in [-0.2, -0.15) is 13.2 Å². The Labute approximate surface area is 147 Å². The zero-order valence-electron chi connectivity index (χ0n) is 13.9. The molecule has 1 aromatic rings. The molecule has 0 bridgehead atoms. The van der Waals surface area contributed by atoms with Crippen molar-refractivity contribution in [3.8, 4) is 0 Å². The zero-order chi connectivity index (χ0) is 17.0. The fourth-order valence-corrected chi connectivity index (χ4v) is 3.20. The molecule has 1 aromatic carbocycles. The Morgan fingerprint density at radius 2 is 2.04 bits per heavy atom. The number of rotatable bonds is 5. The molecule has 3 nitrogen and oxygen atoms in total. The maximum absolute atomic E-state index is 13.1. The molecule has 7 heteroatoms. The lowest BCUT2D eigenvalue weighted by Gasteiger charge is -2.21. The molecule has 0 saturated carbocycles. The highest BCUT2D eigenvalue weighted by Crippen LogP contribution is 2.36. The van der Waals surface area contributed by atoms with Crippen molar-refractivity contribution < 1.29 is 18.0 Å². The Morgan fingerprint density at radius 1 is 1.38 bits per heavy atom. The van der Waals surface area contributed by atoms with Gasteiger partial charge >= 0.3 is 6.18 Å². The van der Waals surface area contributed by atoms with Crippen molar-refractivity contribution in [3.05, 3.63) is 35.4 Å². The minimum Gasteiger partial charge on any atom is -0.342 e. The SMILES string of the molecule is CNCC1CCN(C(=O)CC(C)c2ccccc2C(F)(F)F)C1.Cl. The first-order chi connectivity index (χ1) is 10.8. The van der Waals surface area contributed by atoms with Gasteiger partial charge in [-0.1, -0.05) is 25.1 Å². The highest BCUT2D eigenvalue weighted by atomic mass is 35.5. The van der Waals surface area contributed by atoms with Crippen molar-refractivity contribution in [2.24, 2.45) is 5.92 Å². The van der Waals surface area contributed by atoms with Crippen LogP contribution in [-0.4, -0.2) is 37.5 Å². The van der Waals surface area contributed by atoms with E-state index in [2.05, 4.69) is 5.32 Å². The molecule has 1 fully saturated rings. The predicted octanol–water partition coefficient (Wildman–Crippen LogP) is 3.69. The normalized spacial score (nSPS) is 19.0. The predicted molar refractivity (Wildman–Crippen MR) is 90.3 cm³/mol.